The maximum Gasteiger partial charge on any atom is 0.265 e. The van der Waals surface area contributed by atoms with E-state index >= 15 is 0 Å². The molecule has 0 aliphatic carbocycles. The van der Waals surface area contributed by atoms with E-state index in [2.05, 4.69) is 0 Å². The quantitative estimate of drug-likeness (QED) is 0.618. The third-order valence-electron chi connectivity index (χ3n) is 5.72. The third-order valence-corrected chi connectivity index (χ3v) is 6.62. The summed E-state index contributed by atoms with van der Waals surface area (Å²) < 4.78 is 5.62. The number of carbonyl (C=O) groups excluding carboxylic acids is 2. The van der Waals surface area contributed by atoms with E-state index in [1.165, 1.54) is 0 Å². The van der Waals surface area contributed by atoms with Crippen molar-refractivity contribution in [2.75, 3.05) is 31.1 Å². The first-order valence-corrected chi connectivity index (χ1v) is 11.4. The molecule has 0 unspecified atom stereocenters. The monoisotopic (exact) mass is 433 g/mol. The summed E-state index contributed by atoms with van der Waals surface area (Å²) >= 11 is 1.58. The number of rotatable bonds is 4. The molecule has 3 aromatic rings. The Balaban J connectivity index is 1.42. The molecule has 1 fully saturated rings. The molecule has 2 aliphatic rings. The summed E-state index contributed by atoms with van der Waals surface area (Å²) in [4.78, 5) is 33.6. The fourth-order valence-corrected chi connectivity index (χ4v) is 4.87. The van der Waals surface area contributed by atoms with E-state index in [9.17, 15) is 9.59 Å². The Kier molecular flexibility index (Phi) is 5.42. The summed E-state index contributed by atoms with van der Waals surface area (Å²) in [6.45, 7) is 1.54. The van der Waals surface area contributed by atoms with Gasteiger partial charge >= 0.3 is 0 Å². The Morgan fingerprint density at radius 1 is 1.03 bits per heavy atom. The first-order chi connectivity index (χ1) is 15.2. The van der Waals surface area contributed by atoms with Gasteiger partial charge in [-0.25, -0.2) is 4.98 Å². The number of thiazole rings is 1. The highest BCUT2D eigenvalue weighted by Crippen LogP contribution is 2.37. The van der Waals surface area contributed by atoms with Gasteiger partial charge in [0.2, 0.25) is 5.91 Å². The molecule has 7 heteroatoms. The second-order valence-electron chi connectivity index (χ2n) is 7.80. The van der Waals surface area contributed by atoms with Crippen LogP contribution in [-0.4, -0.2) is 47.9 Å². The maximum absolute atomic E-state index is 12.8. The van der Waals surface area contributed by atoms with Crippen molar-refractivity contribution < 1.29 is 14.3 Å². The van der Waals surface area contributed by atoms with Gasteiger partial charge in [-0.2, -0.15) is 0 Å². The molecule has 2 aromatic carbocycles. The lowest BCUT2D eigenvalue weighted by Gasteiger charge is -2.32. The summed E-state index contributed by atoms with van der Waals surface area (Å²) in [6.07, 6.45) is 3.21. The van der Waals surface area contributed by atoms with Crippen LogP contribution in [0.15, 0.2) is 53.9 Å². The lowest BCUT2D eigenvalue weighted by atomic mass is 10.1. The molecular weight excluding hydrogens is 410 g/mol. The van der Waals surface area contributed by atoms with Crippen molar-refractivity contribution >= 4 is 28.8 Å². The first kappa shape index (κ1) is 19.8. The SMILES string of the molecule is O=C(CN1C(=O)COc2ccc(-c3csc(-c4ccccc4)n3)cc21)N1CCCCC1. The molecule has 1 saturated heterocycles. The van der Waals surface area contributed by atoms with Crippen LogP contribution in [0, 0.1) is 0 Å². The summed E-state index contributed by atoms with van der Waals surface area (Å²) in [5, 5.41) is 2.96. The van der Waals surface area contributed by atoms with E-state index in [1.807, 2.05) is 58.8 Å². The molecule has 6 nitrogen and oxygen atoms in total. The molecule has 2 aliphatic heterocycles. The highest BCUT2D eigenvalue weighted by Gasteiger charge is 2.30. The standard InChI is InChI=1S/C24H23N3O3S/c28-22(26-11-5-2-6-12-26)14-27-20-13-18(9-10-21(20)30-15-23(27)29)19-16-31-24(25-19)17-7-3-1-4-8-17/h1,3-4,7-10,13,16H,2,5-6,11-12,14-15H2. The fourth-order valence-electron chi connectivity index (χ4n) is 4.03. The van der Waals surface area contributed by atoms with Crippen molar-refractivity contribution in [2.24, 2.45) is 0 Å². The molecule has 0 radical (unpaired) electrons. The molecule has 0 atom stereocenters. The number of hydrogen-bond acceptors (Lipinski definition) is 5. The van der Waals surface area contributed by atoms with Gasteiger partial charge in [0.15, 0.2) is 6.61 Å². The van der Waals surface area contributed by atoms with E-state index < -0.39 is 0 Å². The second kappa shape index (κ2) is 8.51. The Bertz CT molecular complexity index is 1110. The van der Waals surface area contributed by atoms with Crippen molar-refractivity contribution in [1.29, 1.82) is 0 Å². The largest absolute Gasteiger partial charge is 0.482 e. The number of nitrogens with zero attached hydrogens (tertiary/aromatic N) is 3. The lowest BCUT2D eigenvalue weighted by Crippen LogP contribution is -2.47. The van der Waals surface area contributed by atoms with Crippen LogP contribution >= 0.6 is 11.3 Å². The number of likely N-dealkylation sites (tertiary alicyclic amines) is 1. The van der Waals surface area contributed by atoms with Gasteiger partial charge in [-0.15, -0.1) is 11.3 Å². The molecule has 0 bridgehead atoms. The van der Waals surface area contributed by atoms with Crippen LogP contribution in [-0.2, 0) is 9.59 Å². The number of benzene rings is 2. The van der Waals surface area contributed by atoms with Gasteiger partial charge in [-0.3, -0.25) is 14.5 Å². The van der Waals surface area contributed by atoms with Crippen molar-refractivity contribution in [3.05, 3.63) is 53.9 Å². The van der Waals surface area contributed by atoms with E-state index in [-0.39, 0.29) is 25.0 Å². The zero-order chi connectivity index (χ0) is 21.2. The van der Waals surface area contributed by atoms with E-state index in [0.717, 1.165) is 54.2 Å². The summed E-state index contributed by atoms with van der Waals surface area (Å²) in [6, 6.07) is 15.8. The van der Waals surface area contributed by atoms with Crippen LogP contribution in [0.25, 0.3) is 21.8 Å². The Hall–Kier alpha value is -3.19. The van der Waals surface area contributed by atoms with Gasteiger partial charge in [0.05, 0.1) is 11.4 Å². The number of hydrogen-bond donors (Lipinski definition) is 0. The maximum atomic E-state index is 12.8. The number of carbonyl (C=O) groups is 2. The Morgan fingerprint density at radius 2 is 1.84 bits per heavy atom. The van der Waals surface area contributed by atoms with Crippen LogP contribution in [0.1, 0.15) is 19.3 Å². The van der Waals surface area contributed by atoms with Crippen molar-refractivity contribution in [2.45, 2.75) is 19.3 Å². The minimum atomic E-state index is -0.196. The zero-order valence-corrected chi connectivity index (χ0v) is 17.9. The number of fused-ring (bicyclic) bond motifs is 1. The van der Waals surface area contributed by atoms with Gasteiger partial charge in [0.25, 0.3) is 5.91 Å². The minimum Gasteiger partial charge on any atom is -0.482 e. The van der Waals surface area contributed by atoms with Crippen molar-refractivity contribution in [3.63, 3.8) is 0 Å². The Labute approximate surface area is 185 Å². The van der Waals surface area contributed by atoms with Crippen LogP contribution < -0.4 is 9.64 Å². The van der Waals surface area contributed by atoms with Gasteiger partial charge in [-0.1, -0.05) is 30.3 Å². The highest BCUT2D eigenvalue weighted by atomic mass is 32.1. The second-order valence-corrected chi connectivity index (χ2v) is 8.65. The molecule has 5 rings (SSSR count). The van der Waals surface area contributed by atoms with Crippen LogP contribution in [0.4, 0.5) is 5.69 Å². The molecule has 31 heavy (non-hydrogen) atoms. The molecule has 1 aromatic heterocycles. The summed E-state index contributed by atoms with van der Waals surface area (Å²) in [7, 11) is 0. The lowest BCUT2D eigenvalue weighted by molar-refractivity contribution is -0.132. The normalized spacial score (nSPS) is 16.1. The number of piperidine rings is 1. The number of aromatic nitrogens is 1. The third kappa shape index (κ3) is 4.05. The fraction of sp³-hybridized carbons (Fsp3) is 0.292. The molecule has 0 saturated carbocycles. The Morgan fingerprint density at radius 3 is 2.65 bits per heavy atom. The van der Waals surface area contributed by atoms with Crippen molar-refractivity contribution in [3.8, 4) is 27.6 Å². The van der Waals surface area contributed by atoms with E-state index in [0.29, 0.717) is 11.4 Å². The summed E-state index contributed by atoms with van der Waals surface area (Å²) in [5.74, 6) is 0.415. The number of ether oxygens (including phenoxy) is 1. The topological polar surface area (TPSA) is 62.7 Å². The van der Waals surface area contributed by atoms with Gasteiger partial charge in [-0.05, 0) is 37.5 Å². The van der Waals surface area contributed by atoms with Gasteiger partial charge in [0.1, 0.15) is 17.3 Å². The van der Waals surface area contributed by atoms with Gasteiger partial charge < -0.3 is 9.64 Å². The van der Waals surface area contributed by atoms with Crippen molar-refractivity contribution in [1.82, 2.24) is 9.88 Å². The minimum absolute atomic E-state index is 0.00803. The zero-order valence-electron chi connectivity index (χ0n) is 17.1. The van der Waals surface area contributed by atoms with E-state index in [1.54, 1.807) is 16.2 Å². The van der Waals surface area contributed by atoms with Crippen LogP contribution in [0.3, 0.4) is 0 Å². The van der Waals surface area contributed by atoms with Gasteiger partial charge in [0, 0.05) is 29.6 Å². The van der Waals surface area contributed by atoms with E-state index in [4.69, 9.17) is 9.72 Å². The predicted octanol–water partition coefficient (Wildman–Crippen LogP) is 4.22. The molecule has 0 N–H and O–H groups in total. The van der Waals surface area contributed by atoms with Crippen LogP contribution in [0.5, 0.6) is 5.75 Å². The average Bonchev–Trinajstić information content (AvgIpc) is 3.32. The predicted molar refractivity (Wildman–Crippen MR) is 121 cm³/mol. The average molecular weight is 434 g/mol. The molecule has 0 spiro atoms. The first-order valence-electron chi connectivity index (χ1n) is 10.6. The molecule has 2 amide bonds. The summed E-state index contributed by atoms with van der Waals surface area (Å²) in [5.41, 5.74) is 3.44. The number of anilines is 1. The molecule has 158 valence electrons. The smallest absolute Gasteiger partial charge is 0.265 e. The number of amides is 2. The molecule has 3 heterocycles. The molecular formula is C24H23N3O3S. The highest BCUT2D eigenvalue weighted by molar-refractivity contribution is 7.13. The van der Waals surface area contributed by atoms with Crippen LogP contribution in [0.2, 0.25) is 0 Å².